The number of methoxy groups -OCH3 is 3. The van der Waals surface area contributed by atoms with Crippen LogP contribution in [-0.2, 0) is 14.2 Å². The Labute approximate surface area is 103 Å². The van der Waals surface area contributed by atoms with Crippen molar-refractivity contribution in [2.45, 2.75) is 0 Å². The minimum absolute atomic E-state index is 0.0861. The van der Waals surface area contributed by atoms with E-state index in [4.69, 9.17) is 0 Å². The molecule has 0 atom stereocenters. The van der Waals surface area contributed by atoms with Gasteiger partial charge in [0.15, 0.2) is 0 Å². The first-order chi connectivity index (χ1) is 8.54. The van der Waals surface area contributed by atoms with Gasteiger partial charge in [0.05, 0.1) is 32.5 Å². The Morgan fingerprint density at radius 2 is 1.39 bits per heavy atom. The minimum Gasteiger partial charge on any atom is -0.465 e. The van der Waals surface area contributed by atoms with Crippen molar-refractivity contribution in [3.05, 3.63) is 29.1 Å². The summed E-state index contributed by atoms with van der Waals surface area (Å²) >= 11 is 0. The summed E-state index contributed by atoms with van der Waals surface area (Å²) in [6, 6.07) is 1.11. The fourth-order valence-electron chi connectivity index (χ4n) is 1.22. The number of hydrogen-bond donors (Lipinski definition) is 0. The molecule has 1 aromatic heterocycles. The Hall–Kier alpha value is -2.44. The van der Waals surface area contributed by atoms with Crippen molar-refractivity contribution in [1.82, 2.24) is 4.98 Å². The lowest BCUT2D eigenvalue weighted by molar-refractivity contribution is 0.0550. The lowest BCUT2D eigenvalue weighted by Crippen LogP contribution is -2.15. The molecule has 0 saturated carbocycles. The van der Waals surface area contributed by atoms with Gasteiger partial charge in [-0.3, -0.25) is 0 Å². The molecule has 1 heterocycles. The van der Waals surface area contributed by atoms with E-state index in [9.17, 15) is 14.4 Å². The van der Waals surface area contributed by atoms with E-state index in [0.717, 1.165) is 26.5 Å². The number of nitrogens with zero attached hydrogens (tertiary/aromatic N) is 1. The first-order valence-electron chi connectivity index (χ1n) is 4.80. The number of ether oxygens (including phenoxy) is 3. The third-order valence-electron chi connectivity index (χ3n) is 2.11. The van der Waals surface area contributed by atoms with Crippen LogP contribution < -0.4 is 0 Å². The molecule has 0 spiro atoms. The molecule has 0 radical (unpaired) electrons. The van der Waals surface area contributed by atoms with Gasteiger partial charge in [0.2, 0.25) is 0 Å². The number of carbonyl (C=O) groups is 3. The summed E-state index contributed by atoms with van der Waals surface area (Å²) in [5, 5.41) is 0. The topological polar surface area (TPSA) is 91.8 Å². The summed E-state index contributed by atoms with van der Waals surface area (Å²) in [6.07, 6.45) is 1.06. The fourth-order valence-corrected chi connectivity index (χ4v) is 1.22. The number of carbonyl (C=O) groups excluding carboxylic acids is 3. The Morgan fingerprint density at radius 1 is 0.889 bits per heavy atom. The predicted molar refractivity (Wildman–Crippen MR) is 58.3 cm³/mol. The molecule has 7 nitrogen and oxygen atoms in total. The van der Waals surface area contributed by atoms with Gasteiger partial charge in [-0.2, -0.15) is 0 Å². The van der Waals surface area contributed by atoms with Gasteiger partial charge in [0.25, 0.3) is 0 Å². The minimum atomic E-state index is -0.775. The number of hydrogen-bond acceptors (Lipinski definition) is 7. The van der Waals surface area contributed by atoms with Crippen molar-refractivity contribution in [1.29, 1.82) is 0 Å². The molecule has 0 aromatic carbocycles. The second-order valence-electron chi connectivity index (χ2n) is 3.09. The van der Waals surface area contributed by atoms with Crippen LogP contribution in [0.4, 0.5) is 0 Å². The second-order valence-corrected chi connectivity index (χ2v) is 3.09. The number of pyridine rings is 1. The molecule has 0 saturated heterocycles. The lowest BCUT2D eigenvalue weighted by Gasteiger charge is -2.07. The van der Waals surface area contributed by atoms with Gasteiger partial charge in [-0.25, -0.2) is 19.4 Å². The number of esters is 3. The molecule has 0 aliphatic carbocycles. The van der Waals surface area contributed by atoms with Crippen LogP contribution in [0.1, 0.15) is 31.2 Å². The average molecular weight is 253 g/mol. The smallest absolute Gasteiger partial charge is 0.356 e. The van der Waals surface area contributed by atoms with E-state index in [0.29, 0.717) is 0 Å². The summed E-state index contributed by atoms with van der Waals surface area (Å²) in [5.41, 5.74) is -0.303. The molecule has 1 rings (SSSR count). The molecule has 7 heteroatoms. The van der Waals surface area contributed by atoms with E-state index in [1.807, 2.05) is 0 Å². The fraction of sp³-hybridized carbons (Fsp3) is 0.273. The van der Waals surface area contributed by atoms with Crippen LogP contribution in [0.3, 0.4) is 0 Å². The van der Waals surface area contributed by atoms with Gasteiger partial charge in [0, 0.05) is 6.20 Å². The zero-order chi connectivity index (χ0) is 13.7. The monoisotopic (exact) mass is 253 g/mol. The molecule has 18 heavy (non-hydrogen) atoms. The molecule has 0 aliphatic heterocycles. The predicted octanol–water partition coefficient (Wildman–Crippen LogP) is 0.441. The van der Waals surface area contributed by atoms with Gasteiger partial charge < -0.3 is 14.2 Å². The highest BCUT2D eigenvalue weighted by molar-refractivity contribution is 6.04. The van der Waals surface area contributed by atoms with E-state index < -0.39 is 17.9 Å². The van der Waals surface area contributed by atoms with E-state index in [2.05, 4.69) is 19.2 Å². The Morgan fingerprint density at radius 3 is 1.89 bits per heavy atom. The zero-order valence-electron chi connectivity index (χ0n) is 10.1. The Balaban J connectivity index is 3.33. The van der Waals surface area contributed by atoms with Crippen LogP contribution in [0.25, 0.3) is 0 Å². The standard InChI is InChI=1S/C11H11NO6/c1-16-9(13)6-4-8(11(15)18-3)12-5-7(6)10(14)17-2/h4-5H,1-3H3. The first kappa shape index (κ1) is 13.6. The van der Waals surface area contributed by atoms with Gasteiger partial charge >= 0.3 is 17.9 Å². The largest absolute Gasteiger partial charge is 0.465 e. The van der Waals surface area contributed by atoms with Crippen LogP contribution in [-0.4, -0.2) is 44.2 Å². The third-order valence-corrected chi connectivity index (χ3v) is 2.11. The van der Waals surface area contributed by atoms with Crippen LogP contribution in [0.5, 0.6) is 0 Å². The SMILES string of the molecule is COC(=O)c1cc(C(=O)OC)c(C(=O)OC)cn1. The number of aromatic nitrogens is 1. The van der Waals surface area contributed by atoms with E-state index in [1.165, 1.54) is 7.11 Å². The molecule has 1 aromatic rings. The highest BCUT2D eigenvalue weighted by Crippen LogP contribution is 2.13. The molecule has 96 valence electrons. The molecule has 0 aliphatic rings. The molecule has 0 bridgehead atoms. The lowest BCUT2D eigenvalue weighted by atomic mass is 10.1. The summed E-state index contributed by atoms with van der Waals surface area (Å²) in [4.78, 5) is 37.9. The molecule has 0 N–H and O–H groups in total. The van der Waals surface area contributed by atoms with Crippen LogP contribution in [0, 0.1) is 0 Å². The molecule has 0 amide bonds. The highest BCUT2D eigenvalue weighted by atomic mass is 16.5. The Bertz CT molecular complexity index is 496. The summed E-state index contributed by atoms with van der Waals surface area (Å²) in [7, 11) is 3.50. The van der Waals surface area contributed by atoms with Gasteiger partial charge in [-0.05, 0) is 6.07 Å². The van der Waals surface area contributed by atoms with Crippen molar-refractivity contribution in [3.63, 3.8) is 0 Å². The molecule has 0 fully saturated rings. The van der Waals surface area contributed by atoms with Crippen LogP contribution >= 0.6 is 0 Å². The van der Waals surface area contributed by atoms with E-state index in [-0.39, 0.29) is 16.8 Å². The second kappa shape index (κ2) is 5.76. The Kier molecular flexibility index (Phi) is 4.36. The van der Waals surface area contributed by atoms with Gasteiger partial charge in [-0.15, -0.1) is 0 Å². The van der Waals surface area contributed by atoms with Crippen molar-refractivity contribution in [3.8, 4) is 0 Å². The molecule has 0 unspecified atom stereocenters. The van der Waals surface area contributed by atoms with Crippen LogP contribution in [0.15, 0.2) is 12.3 Å². The maximum Gasteiger partial charge on any atom is 0.356 e. The normalized spacial score (nSPS) is 9.50. The quantitative estimate of drug-likeness (QED) is 0.570. The van der Waals surface area contributed by atoms with Crippen molar-refractivity contribution in [2.75, 3.05) is 21.3 Å². The van der Waals surface area contributed by atoms with Crippen molar-refractivity contribution >= 4 is 17.9 Å². The van der Waals surface area contributed by atoms with E-state index in [1.54, 1.807) is 0 Å². The van der Waals surface area contributed by atoms with Crippen molar-refractivity contribution in [2.24, 2.45) is 0 Å². The third kappa shape index (κ3) is 2.62. The number of rotatable bonds is 3. The van der Waals surface area contributed by atoms with Crippen molar-refractivity contribution < 1.29 is 28.6 Å². The first-order valence-corrected chi connectivity index (χ1v) is 4.80. The van der Waals surface area contributed by atoms with Gasteiger partial charge in [-0.1, -0.05) is 0 Å². The van der Waals surface area contributed by atoms with E-state index >= 15 is 0 Å². The summed E-state index contributed by atoms with van der Waals surface area (Å²) in [6.45, 7) is 0. The van der Waals surface area contributed by atoms with Gasteiger partial charge in [0.1, 0.15) is 5.69 Å². The van der Waals surface area contributed by atoms with Crippen LogP contribution in [0.2, 0.25) is 0 Å². The molecular formula is C11H11NO6. The maximum absolute atomic E-state index is 11.5. The zero-order valence-corrected chi connectivity index (χ0v) is 10.1. The summed E-state index contributed by atoms with van der Waals surface area (Å²) in [5.74, 6) is -2.25. The maximum atomic E-state index is 11.5. The average Bonchev–Trinajstić information content (AvgIpc) is 2.43. The summed E-state index contributed by atoms with van der Waals surface area (Å²) < 4.78 is 13.5. The molecular weight excluding hydrogens is 242 g/mol. The highest BCUT2D eigenvalue weighted by Gasteiger charge is 2.21.